The van der Waals surface area contributed by atoms with E-state index in [-0.39, 0.29) is 23.6 Å². The summed E-state index contributed by atoms with van der Waals surface area (Å²) in [5.41, 5.74) is 3.00. The Morgan fingerprint density at radius 2 is 1.77 bits per heavy atom. The van der Waals surface area contributed by atoms with Gasteiger partial charge < -0.3 is 9.40 Å². The molecular formula is C23H15N3O5. The molecule has 1 N–H and O–H groups in total. The Balaban J connectivity index is 1.63. The number of nitro groups is 1. The van der Waals surface area contributed by atoms with Crippen LogP contribution in [-0.4, -0.2) is 20.3 Å². The fourth-order valence-corrected chi connectivity index (χ4v) is 3.79. The van der Waals surface area contributed by atoms with Gasteiger partial charge in [0.1, 0.15) is 0 Å². The Morgan fingerprint density at radius 3 is 2.55 bits per heavy atom. The maximum Gasteiger partial charge on any atom is 0.420 e. The van der Waals surface area contributed by atoms with Crippen molar-refractivity contribution in [2.45, 2.75) is 6.54 Å². The van der Waals surface area contributed by atoms with Gasteiger partial charge in [-0.15, -0.1) is 0 Å². The molecule has 0 saturated heterocycles. The number of benzene rings is 3. The van der Waals surface area contributed by atoms with Crippen molar-refractivity contribution in [2.24, 2.45) is 0 Å². The number of nitrogens with zero attached hydrogens (tertiary/aromatic N) is 2. The average Bonchev–Trinajstić information content (AvgIpc) is 3.31. The van der Waals surface area contributed by atoms with Crippen LogP contribution in [-0.2, 0) is 6.54 Å². The first kappa shape index (κ1) is 18.6. The number of Topliss-reactive ketones (excluding diaryl/α,β-unsaturated/α-hetero) is 1. The molecule has 0 atom stereocenters. The molecule has 0 radical (unpaired) electrons. The van der Waals surface area contributed by atoms with Crippen LogP contribution in [0.2, 0.25) is 0 Å². The molecule has 3 aromatic carbocycles. The highest BCUT2D eigenvalue weighted by Gasteiger charge is 2.22. The number of para-hydroxylation sites is 1. The summed E-state index contributed by atoms with van der Waals surface area (Å²) in [4.78, 5) is 39.6. The van der Waals surface area contributed by atoms with E-state index >= 15 is 0 Å². The summed E-state index contributed by atoms with van der Waals surface area (Å²) in [5, 5.41) is 11.7. The second-order valence-corrected chi connectivity index (χ2v) is 7.07. The molecule has 5 aromatic rings. The van der Waals surface area contributed by atoms with Crippen molar-refractivity contribution in [3.05, 3.63) is 99.0 Å². The minimum Gasteiger partial charge on any atom is -0.407 e. The Bertz CT molecular complexity index is 1530. The molecule has 0 aliphatic carbocycles. The SMILES string of the molecule is O=C(Cn1c(=O)oc2cc([N+](=O)[O-])ccc21)c1c(-c2ccccc2)[nH]c2ccccc12. The van der Waals surface area contributed by atoms with Crippen LogP contribution in [0.25, 0.3) is 33.3 Å². The van der Waals surface area contributed by atoms with Crippen LogP contribution in [0.5, 0.6) is 0 Å². The molecule has 152 valence electrons. The van der Waals surface area contributed by atoms with Gasteiger partial charge in [-0.2, -0.15) is 0 Å². The lowest BCUT2D eigenvalue weighted by Crippen LogP contribution is -2.20. The van der Waals surface area contributed by atoms with Crippen LogP contribution >= 0.6 is 0 Å². The van der Waals surface area contributed by atoms with Gasteiger partial charge >= 0.3 is 5.76 Å². The number of oxazole rings is 1. The third-order valence-electron chi connectivity index (χ3n) is 5.21. The molecule has 2 aromatic heterocycles. The highest BCUT2D eigenvalue weighted by Crippen LogP contribution is 2.31. The van der Waals surface area contributed by atoms with Crippen molar-refractivity contribution in [3.63, 3.8) is 0 Å². The standard InChI is InChI=1S/C23H15N3O5/c27-19(13-25-18-11-10-15(26(29)30)12-20(18)31-23(25)28)21-16-8-4-5-9-17(16)24-22(21)14-6-2-1-3-7-14/h1-12,24H,13H2. The normalized spacial score (nSPS) is 11.2. The van der Waals surface area contributed by atoms with Gasteiger partial charge in [0.05, 0.1) is 34.3 Å². The Kier molecular flexibility index (Phi) is 4.25. The highest BCUT2D eigenvalue weighted by atomic mass is 16.6. The van der Waals surface area contributed by atoms with Crippen LogP contribution in [0.15, 0.2) is 82.0 Å². The second kappa shape index (κ2) is 7.10. The maximum atomic E-state index is 13.4. The zero-order chi connectivity index (χ0) is 21.5. The molecule has 0 bridgehead atoms. The van der Waals surface area contributed by atoms with E-state index in [0.717, 1.165) is 16.5 Å². The van der Waals surface area contributed by atoms with Gasteiger partial charge in [0.2, 0.25) is 0 Å². The van der Waals surface area contributed by atoms with Crippen molar-refractivity contribution in [3.8, 4) is 11.3 Å². The minimum atomic E-state index is -0.745. The maximum absolute atomic E-state index is 13.4. The van der Waals surface area contributed by atoms with E-state index in [9.17, 15) is 19.7 Å². The lowest BCUT2D eigenvalue weighted by Gasteiger charge is -2.06. The summed E-state index contributed by atoms with van der Waals surface area (Å²) in [7, 11) is 0. The topological polar surface area (TPSA) is 111 Å². The highest BCUT2D eigenvalue weighted by molar-refractivity contribution is 6.13. The summed E-state index contributed by atoms with van der Waals surface area (Å²) in [6.45, 7) is -0.259. The number of hydrogen-bond donors (Lipinski definition) is 1. The number of aromatic amines is 1. The second-order valence-electron chi connectivity index (χ2n) is 7.07. The van der Waals surface area contributed by atoms with Gasteiger partial charge in [-0.05, 0) is 17.7 Å². The smallest absolute Gasteiger partial charge is 0.407 e. The fraction of sp³-hybridized carbons (Fsp3) is 0.0435. The molecule has 0 aliphatic rings. The first-order valence-electron chi connectivity index (χ1n) is 9.50. The fourth-order valence-electron chi connectivity index (χ4n) is 3.79. The van der Waals surface area contributed by atoms with E-state index in [1.54, 1.807) is 0 Å². The number of nitrogens with one attached hydrogen (secondary N) is 1. The number of hydrogen-bond acceptors (Lipinski definition) is 5. The molecule has 2 heterocycles. The number of carbonyl (C=O) groups is 1. The van der Waals surface area contributed by atoms with Gasteiger partial charge in [0, 0.05) is 17.0 Å². The summed E-state index contributed by atoms with van der Waals surface area (Å²) in [6, 6.07) is 20.8. The van der Waals surface area contributed by atoms with Crippen LogP contribution in [0.1, 0.15) is 10.4 Å². The van der Waals surface area contributed by atoms with E-state index in [0.29, 0.717) is 16.8 Å². The number of H-pyrrole nitrogens is 1. The van der Waals surface area contributed by atoms with Gasteiger partial charge in [-0.3, -0.25) is 19.5 Å². The first-order valence-corrected chi connectivity index (χ1v) is 9.50. The van der Waals surface area contributed by atoms with E-state index < -0.39 is 10.7 Å². The third-order valence-corrected chi connectivity index (χ3v) is 5.21. The average molecular weight is 413 g/mol. The molecule has 8 nitrogen and oxygen atoms in total. The molecular weight excluding hydrogens is 398 g/mol. The molecule has 31 heavy (non-hydrogen) atoms. The van der Waals surface area contributed by atoms with E-state index in [2.05, 4.69) is 4.98 Å². The molecule has 0 spiro atoms. The number of aromatic nitrogens is 2. The predicted octanol–water partition coefficient (Wildman–Crippen LogP) is 4.53. The quantitative estimate of drug-likeness (QED) is 0.258. The zero-order valence-electron chi connectivity index (χ0n) is 16.1. The van der Waals surface area contributed by atoms with Gasteiger partial charge in [-0.25, -0.2) is 4.79 Å². The van der Waals surface area contributed by atoms with E-state index in [4.69, 9.17) is 4.42 Å². The molecule has 0 saturated carbocycles. The molecule has 8 heteroatoms. The van der Waals surface area contributed by atoms with Crippen LogP contribution in [0.4, 0.5) is 5.69 Å². The van der Waals surface area contributed by atoms with E-state index in [1.165, 1.54) is 22.8 Å². The summed E-state index contributed by atoms with van der Waals surface area (Å²) >= 11 is 0. The third kappa shape index (κ3) is 3.10. The number of rotatable bonds is 5. The predicted molar refractivity (Wildman–Crippen MR) is 115 cm³/mol. The summed E-state index contributed by atoms with van der Waals surface area (Å²) in [5.74, 6) is -1.02. The number of non-ortho nitro benzene ring substituents is 1. The largest absolute Gasteiger partial charge is 0.420 e. The van der Waals surface area contributed by atoms with Gasteiger partial charge in [0.25, 0.3) is 5.69 Å². The number of carbonyl (C=O) groups excluding carboxylic acids is 1. The zero-order valence-corrected chi connectivity index (χ0v) is 16.1. The van der Waals surface area contributed by atoms with Gasteiger partial charge in [0.15, 0.2) is 11.4 Å². The monoisotopic (exact) mass is 413 g/mol. The van der Waals surface area contributed by atoms with Crippen molar-refractivity contribution in [1.29, 1.82) is 0 Å². The van der Waals surface area contributed by atoms with Crippen molar-refractivity contribution in [1.82, 2.24) is 9.55 Å². The van der Waals surface area contributed by atoms with Gasteiger partial charge in [-0.1, -0.05) is 48.5 Å². The Hall–Kier alpha value is -4.46. The van der Waals surface area contributed by atoms with E-state index in [1.807, 2.05) is 54.6 Å². The van der Waals surface area contributed by atoms with Crippen LogP contribution in [0.3, 0.4) is 0 Å². The molecule has 0 fully saturated rings. The van der Waals surface area contributed by atoms with Crippen molar-refractivity contribution in [2.75, 3.05) is 0 Å². The van der Waals surface area contributed by atoms with Crippen LogP contribution < -0.4 is 5.76 Å². The lowest BCUT2D eigenvalue weighted by molar-refractivity contribution is -0.384. The Morgan fingerprint density at radius 1 is 1.03 bits per heavy atom. The number of nitro benzene ring substituents is 1. The first-order chi connectivity index (χ1) is 15.0. The summed E-state index contributed by atoms with van der Waals surface area (Å²) in [6.07, 6.45) is 0. The molecule has 0 aliphatic heterocycles. The van der Waals surface area contributed by atoms with Crippen molar-refractivity contribution >= 4 is 33.5 Å². The molecule has 5 rings (SSSR count). The van der Waals surface area contributed by atoms with Crippen LogP contribution in [0, 0.1) is 10.1 Å². The minimum absolute atomic E-state index is 0.0641. The summed E-state index contributed by atoms with van der Waals surface area (Å²) < 4.78 is 6.35. The molecule has 0 unspecified atom stereocenters. The number of fused-ring (bicyclic) bond motifs is 2. The number of ketones is 1. The Labute approximate surface area is 174 Å². The van der Waals surface area contributed by atoms with Crippen molar-refractivity contribution < 1.29 is 14.1 Å². The molecule has 0 amide bonds. The lowest BCUT2D eigenvalue weighted by atomic mass is 10.0.